The Labute approximate surface area is 191 Å². The molecule has 0 saturated heterocycles. The molecule has 0 spiro atoms. The monoisotopic (exact) mass is 442 g/mol. The maximum absolute atomic E-state index is 14.9. The number of fused-ring (bicyclic) bond motifs is 1. The van der Waals surface area contributed by atoms with E-state index in [1.54, 1.807) is 12.1 Å². The molecule has 0 radical (unpaired) electrons. The minimum Gasteiger partial charge on any atom is -0.206 e. The first-order valence-corrected chi connectivity index (χ1v) is 12.8. The summed E-state index contributed by atoms with van der Waals surface area (Å²) in [5.41, 5.74) is 1.77. The Balaban J connectivity index is 1.33. The molecule has 2 saturated carbocycles. The van der Waals surface area contributed by atoms with Gasteiger partial charge < -0.3 is 0 Å². The second kappa shape index (κ2) is 10.9. The molecule has 2 aliphatic carbocycles. The zero-order chi connectivity index (χ0) is 22.5. The van der Waals surface area contributed by atoms with Gasteiger partial charge in [0.2, 0.25) is 0 Å². The van der Waals surface area contributed by atoms with Crippen LogP contribution in [0.4, 0.5) is 13.2 Å². The van der Waals surface area contributed by atoms with E-state index < -0.39 is 11.6 Å². The zero-order valence-corrected chi connectivity index (χ0v) is 19.4. The third-order valence-electron chi connectivity index (χ3n) is 8.13. The minimum atomic E-state index is -0.944. The van der Waals surface area contributed by atoms with Gasteiger partial charge in [0.1, 0.15) is 5.82 Å². The largest absolute Gasteiger partial charge is 0.206 e. The lowest BCUT2D eigenvalue weighted by molar-refractivity contribution is 0.113. The van der Waals surface area contributed by atoms with Crippen molar-refractivity contribution in [1.29, 1.82) is 0 Å². The van der Waals surface area contributed by atoms with Gasteiger partial charge in [0, 0.05) is 5.56 Å². The molecule has 0 nitrogen and oxygen atoms in total. The van der Waals surface area contributed by atoms with E-state index in [1.807, 2.05) is 6.07 Å². The van der Waals surface area contributed by atoms with Crippen LogP contribution in [0.1, 0.15) is 95.5 Å². The summed E-state index contributed by atoms with van der Waals surface area (Å²) in [6, 6.07) is 8.92. The van der Waals surface area contributed by atoms with Gasteiger partial charge in [-0.15, -0.1) is 0 Å². The predicted molar refractivity (Wildman–Crippen MR) is 126 cm³/mol. The summed E-state index contributed by atoms with van der Waals surface area (Å²) in [4.78, 5) is 0. The van der Waals surface area contributed by atoms with Crippen LogP contribution in [0, 0.1) is 35.2 Å². The number of unbranched alkanes of at least 4 members (excludes halogenated alkanes) is 4. The van der Waals surface area contributed by atoms with Gasteiger partial charge in [-0.25, -0.2) is 13.2 Å². The van der Waals surface area contributed by atoms with Crippen molar-refractivity contribution in [3.05, 3.63) is 59.4 Å². The van der Waals surface area contributed by atoms with Crippen LogP contribution >= 0.6 is 0 Å². The van der Waals surface area contributed by atoms with E-state index >= 15 is 0 Å². The van der Waals surface area contributed by atoms with Crippen LogP contribution in [0.5, 0.6) is 0 Å². The van der Waals surface area contributed by atoms with Gasteiger partial charge in [0.15, 0.2) is 11.6 Å². The Kier molecular flexibility index (Phi) is 7.97. The fraction of sp³-hybridized carbons (Fsp3) is 0.586. The smallest absolute Gasteiger partial charge is 0.159 e. The highest BCUT2D eigenvalue weighted by Crippen LogP contribution is 2.48. The molecule has 4 rings (SSSR count). The van der Waals surface area contributed by atoms with Gasteiger partial charge in [-0.3, -0.25) is 0 Å². The molecular formula is C29H37F3. The maximum Gasteiger partial charge on any atom is 0.159 e. The van der Waals surface area contributed by atoms with Crippen LogP contribution < -0.4 is 0 Å². The van der Waals surface area contributed by atoms with E-state index in [2.05, 4.69) is 6.92 Å². The summed E-state index contributed by atoms with van der Waals surface area (Å²) < 4.78 is 41.7. The number of benzene rings is 2. The summed E-state index contributed by atoms with van der Waals surface area (Å²) in [6.45, 7) is 2.27. The lowest BCUT2D eigenvalue weighted by Gasteiger charge is -2.42. The lowest BCUT2D eigenvalue weighted by Crippen LogP contribution is -2.30. The van der Waals surface area contributed by atoms with Gasteiger partial charge in [-0.1, -0.05) is 70.1 Å². The summed E-state index contributed by atoms with van der Waals surface area (Å²) >= 11 is 0. The Morgan fingerprint density at radius 2 is 1.50 bits per heavy atom. The third kappa shape index (κ3) is 5.58. The number of rotatable bonds is 8. The highest BCUT2D eigenvalue weighted by atomic mass is 19.2. The normalized spacial score (nSPS) is 25.5. The summed E-state index contributed by atoms with van der Waals surface area (Å²) in [7, 11) is 0. The van der Waals surface area contributed by atoms with Crippen molar-refractivity contribution < 1.29 is 13.2 Å². The molecule has 0 N–H and O–H groups in total. The van der Waals surface area contributed by atoms with Crippen LogP contribution in [-0.2, 0) is 0 Å². The third-order valence-corrected chi connectivity index (χ3v) is 8.13. The quantitative estimate of drug-likeness (QED) is 0.357. The molecule has 0 bridgehead atoms. The van der Waals surface area contributed by atoms with E-state index in [-0.39, 0.29) is 5.82 Å². The molecule has 0 heterocycles. The summed E-state index contributed by atoms with van der Waals surface area (Å²) in [6.07, 6.45) is 15.9. The first kappa shape index (κ1) is 23.4. The molecule has 2 aromatic rings. The average Bonchev–Trinajstić information content (AvgIpc) is 2.80. The molecule has 2 aromatic carbocycles. The van der Waals surface area contributed by atoms with Crippen molar-refractivity contribution in [2.24, 2.45) is 17.8 Å². The van der Waals surface area contributed by atoms with Crippen LogP contribution in [0.25, 0.3) is 11.1 Å². The highest BCUT2D eigenvalue weighted by Gasteiger charge is 2.35. The van der Waals surface area contributed by atoms with Gasteiger partial charge in [0.25, 0.3) is 0 Å². The van der Waals surface area contributed by atoms with Crippen LogP contribution in [-0.4, -0.2) is 0 Å². The standard InChI is InChI=1S/C29H37F3/c1-2-3-4-5-6-7-20-8-9-22-17-23(11-10-21(22)16-20)24-12-14-26(28(31)18-24)25-13-15-27(30)29(32)19-25/h12-15,18-23H,2-11,16-17H2,1H3. The summed E-state index contributed by atoms with van der Waals surface area (Å²) in [5.74, 6) is 0.764. The first-order valence-electron chi connectivity index (χ1n) is 12.8. The molecule has 0 amide bonds. The topological polar surface area (TPSA) is 0 Å². The number of hydrogen-bond donors (Lipinski definition) is 0. The first-order chi connectivity index (χ1) is 15.5. The molecule has 174 valence electrons. The van der Waals surface area contributed by atoms with E-state index in [4.69, 9.17) is 0 Å². The molecule has 0 aliphatic heterocycles. The molecule has 4 unspecified atom stereocenters. The van der Waals surface area contributed by atoms with Crippen LogP contribution in [0.2, 0.25) is 0 Å². The van der Waals surface area contributed by atoms with E-state index in [0.717, 1.165) is 48.3 Å². The van der Waals surface area contributed by atoms with Gasteiger partial charge in [-0.2, -0.15) is 0 Å². The molecule has 0 aromatic heterocycles. The van der Waals surface area contributed by atoms with E-state index in [1.165, 1.54) is 70.3 Å². The Bertz CT molecular complexity index is 890. The van der Waals surface area contributed by atoms with Gasteiger partial charge in [0.05, 0.1) is 0 Å². The Morgan fingerprint density at radius 1 is 0.719 bits per heavy atom. The predicted octanol–water partition coefficient (Wildman–Crippen LogP) is 9.43. The lowest BCUT2D eigenvalue weighted by atomic mass is 9.63. The number of halogens is 3. The van der Waals surface area contributed by atoms with Crippen molar-refractivity contribution in [3.63, 3.8) is 0 Å². The highest BCUT2D eigenvalue weighted by molar-refractivity contribution is 5.64. The van der Waals surface area contributed by atoms with Gasteiger partial charge >= 0.3 is 0 Å². The van der Waals surface area contributed by atoms with Crippen molar-refractivity contribution >= 4 is 0 Å². The molecule has 3 heteroatoms. The van der Waals surface area contributed by atoms with Crippen molar-refractivity contribution in [3.8, 4) is 11.1 Å². The second-order valence-electron chi connectivity index (χ2n) is 10.3. The van der Waals surface area contributed by atoms with E-state index in [0.29, 0.717) is 17.0 Å². The molecule has 32 heavy (non-hydrogen) atoms. The van der Waals surface area contributed by atoms with Crippen molar-refractivity contribution in [2.45, 2.75) is 89.9 Å². The van der Waals surface area contributed by atoms with Crippen molar-refractivity contribution in [2.75, 3.05) is 0 Å². The van der Waals surface area contributed by atoms with Gasteiger partial charge in [-0.05, 0) is 85.1 Å². The maximum atomic E-state index is 14.9. The van der Waals surface area contributed by atoms with E-state index in [9.17, 15) is 13.2 Å². The summed E-state index contributed by atoms with van der Waals surface area (Å²) in [5, 5.41) is 0. The zero-order valence-electron chi connectivity index (χ0n) is 19.4. The number of hydrogen-bond acceptors (Lipinski definition) is 0. The SMILES string of the molecule is CCCCCCCC1CCC2CC(c3ccc(-c4ccc(F)c(F)c4)c(F)c3)CCC2C1. The second-order valence-corrected chi connectivity index (χ2v) is 10.3. The Hall–Kier alpha value is -1.77. The molecular weight excluding hydrogens is 405 g/mol. The average molecular weight is 443 g/mol. The van der Waals surface area contributed by atoms with Crippen LogP contribution in [0.3, 0.4) is 0 Å². The van der Waals surface area contributed by atoms with Crippen LogP contribution in [0.15, 0.2) is 36.4 Å². The minimum absolute atomic E-state index is 0.334. The fourth-order valence-corrected chi connectivity index (χ4v) is 6.27. The molecule has 4 atom stereocenters. The molecule has 2 fully saturated rings. The fourth-order valence-electron chi connectivity index (χ4n) is 6.27. The molecule has 2 aliphatic rings. The Morgan fingerprint density at radius 3 is 2.28 bits per heavy atom. The van der Waals surface area contributed by atoms with Crippen molar-refractivity contribution in [1.82, 2.24) is 0 Å².